The van der Waals surface area contributed by atoms with E-state index in [2.05, 4.69) is 26.6 Å². The molecule has 0 fully saturated rings. The lowest BCUT2D eigenvalue weighted by atomic mass is 9.95. The molecule has 0 amide bonds. The van der Waals surface area contributed by atoms with Crippen molar-refractivity contribution in [1.82, 2.24) is 10.6 Å². The Labute approximate surface area is 167 Å². The summed E-state index contributed by atoms with van der Waals surface area (Å²) >= 11 is 8.82. The fourth-order valence-corrected chi connectivity index (χ4v) is 3.53. The van der Waals surface area contributed by atoms with Crippen LogP contribution in [0.3, 0.4) is 0 Å². The quantitative estimate of drug-likeness (QED) is 0.493. The molecule has 0 spiro atoms. The van der Waals surface area contributed by atoms with Crippen molar-refractivity contribution in [2.24, 2.45) is 0 Å². The van der Waals surface area contributed by atoms with Gasteiger partial charge in [-0.05, 0) is 66.1 Å². The largest absolute Gasteiger partial charge is 0.490 e. The zero-order chi connectivity index (χ0) is 19.3. The molecule has 0 aromatic heterocycles. The molecule has 6 nitrogen and oxygen atoms in total. The molecule has 26 heavy (non-hydrogen) atoms. The second-order valence-corrected chi connectivity index (χ2v) is 6.94. The van der Waals surface area contributed by atoms with Crippen molar-refractivity contribution in [2.75, 3.05) is 20.3 Å². The van der Waals surface area contributed by atoms with Crippen LogP contribution in [0.1, 0.15) is 38.8 Å². The van der Waals surface area contributed by atoms with E-state index in [1.807, 2.05) is 26.0 Å². The van der Waals surface area contributed by atoms with E-state index in [1.165, 1.54) is 7.11 Å². The third-order valence-corrected chi connectivity index (χ3v) is 4.60. The van der Waals surface area contributed by atoms with Crippen LogP contribution in [0.5, 0.6) is 11.5 Å². The highest BCUT2D eigenvalue weighted by Crippen LogP contribution is 2.40. The third kappa shape index (κ3) is 4.48. The standard InChI is InChI=1S/C18H23BrN2O4S/c1-5-7-25-16-12(19)8-11(9-13(16)24-6-2)15-14(17(22)23-4)10(3)20-18(26)21-15/h8-9,15H,5-7H2,1-4H3,(H2,20,21,26)/t15-/m0/s1. The molecule has 1 aliphatic rings. The van der Waals surface area contributed by atoms with Gasteiger partial charge in [-0.15, -0.1) is 0 Å². The highest BCUT2D eigenvalue weighted by atomic mass is 79.9. The molecule has 0 saturated heterocycles. The van der Waals surface area contributed by atoms with Gasteiger partial charge in [0.25, 0.3) is 0 Å². The molecule has 0 bridgehead atoms. The van der Waals surface area contributed by atoms with Gasteiger partial charge >= 0.3 is 5.97 Å². The summed E-state index contributed by atoms with van der Waals surface area (Å²) < 4.78 is 17.3. The molecule has 0 aliphatic carbocycles. The van der Waals surface area contributed by atoms with Crippen molar-refractivity contribution in [1.29, 1.82) is 0 Å². The minimum absolute atomic E-state index is 0.421. The number of hydrogen-bond donors (Lipinski definition) is 2. The molecule has 142 valence electrons. The summed E-state index contributed by atoms with van der Waals surface area (Å²) in [4.78, 5) is 12.3. The zero-order valence-corrected chi connectivity index (χ0v) is 17.7. The van der Waals surface area contributed by atoms with Gasteiger partial charge in [0.05, 0.1) is 36.4 Å². The van der Waals surface area contributed by atoms with E-state index < -0.39 is 12.0 Å². The summed E-state index contributed by atoms with van der Waals surface area (Å²) in [6.07, 6.45) is 0.887. The van der Waals surface area contributed by atoms with Gasteiger partial charge in [0, 0.05) is 5.70 Å². The molecule has 2 rings (SSSR count). The van der Waals surface area contributed by atoms with E-state index in [4.69, 9.17) is 26.4 Å². The maximum atomic E-state index is 12.3. The number of methoxy groups -OCH3 is 1. The normalized spacial score (nSPS) is 16.7. The Morgan fingerprint density at radius 2 is 2.04 bits per heavy atom. The van der Waals surface area contributed by atoms with Crippen molar-refractivity contribution in [3.8, 4) is 11.5 Å². The van der Waals surface area contributed by atoms with Crippen LogP contribution in [0.2, 0.25) is 0 Å². The lowest BCUT2D eigenvalue weighted by molar-refractivity contribution is -0.136. The van der Waals surface area contributed by atoms with Crippen LogP contribution in [0.25, 0.3) is 0 Å². The van der Waals surface area contributed by atoms with Crippen LogP contribution in [0, 0.1) is 0 Å². The maximum absolute atomic E-state index is 12.3. The molecule has 1 atom stereocenters. The van der Waals surface area contributed by atoms with Gasteiger partial charge in [-0.1, -0.05) is 6.92 Å². The SMILES string of the molecule is CCCOc1c(Br)cc([C@@H]2NC(=S)NC(C)=C2C(=O)OC)cc1OCC. The fraction of sp³-hybridized carbons (Fsp3) is 0.444. The molecule has 0 saturated carbocycles. The van der Waals surface area contributed by atoms with Gasteiger partial charge in [-0.2, -0.15) is 0 Å². The van der Waals surface area contributed by atoms with Crippen molar-refractivity contribution < 1.29 is 19.0 Å². The number of carbonyl (C=O) groups excluding carboxylic acids is 1. The number of carbonyl (C=O) groups is 1. The Balaban J connectivity index is 2.53. The summed E-state index contributed by atoms with van der Waals surface area (Å²) in [7, 11) is 1.36. The molecular weight excluding hydrogens is 420 g/mol. The number of allylic oxidation sites excluding steroid dienone is 1. The number of esters is 1. The van der Waals surface area contributed by atoms with Crippen molar-refractivity contribution in [3.05, 3.63) is 33.4 Å². The minimum Gasteiger partial charge on any atom is -0.490 e. The molecule has 0 radical (unpaired) electrons. The number of thiocarbonyl (C=S) groups is 1. The molecule has 1 aromatic rings. The summed E-state index contributed by atoms with van der Waals surface area (Å²) in [6, 6.07) is 3.31. The Bertz CT molecular complexity index is 736. The average molecular weight is 443 g/mol. The van der Waals surface area contributed by atoms with Crippen molar-refractivity contribution >= 4 is 39.2 Å². The molecule has 1 aliphatic heterocycles. The van der Waals surface area contributed by atoms with Crippen molar-refractivity contribution in [3.63, 3.8) is 0 Å². The highest BCUT2D eigenvalue weighted by molar-refractivity contribution is 9.10. The fourth-order valence-electron chi connectivity index (χ4n) is 2.69. The summed E-state index contributed by atoms with van der Waals surface area (Å²) in [6.45, 7) is 6.82. The third-order valence-electron chi connectivity index (χ3n) is 3.79. The van der Waals surface area contributed by atoms with Gasteiger partial charge in [0.1, 0.15) is 0 Å². The first-order valence-corrected chi connectivity index (χ1v) is 9.58. The zero-order valence-electron chi connectivity index (χ0n) is 15.3. The number of rotatable bonds is 7. The lowest BCUT2D eigenvalue weighted by Gasteiger charge is -2.30. The topological polar surface area (TPSA) is 68.8 Å². The summed E-state index contributed by atoms with van der Waals surface area (Å²) in [5, 5.41) is 6.55. The Morgan fingerprint density at radius 3 is 2.65 bits per heavy atom. The van der Waals surface area contributed by atoms with E-state index >= 15 is 0 Å². The number of hydrogen-bond acceptors (Lipinski definition) is 5. The second-order valence-electron chi connectivity index (χ2n) is 5.67. The molecular formula is C18H23BrN2O4S. The van der Waals surface area contributed by atoms with Crippen LogP contribution < -0.4 is 20.1 Å². The number of nitrogens with one attached hydrogen (secondary N) is 2. The van der Waals surface area contributed by atoms with Gasteiger partial charge in [0.15, 0.2) is 16.6 Å². The maximum Gasteiger partial charge on any atom is 0.337 e. The van der Waals surface area contributed by atoms with Crippen LogP contribution in [0.4, 0.5) is 0 Å². The second kappa shape index (κ2) is 9.23. The first-order chi connectivity index (χ1) is 12.4. The van der Waals surface area contributed by atoms with E-state index in [1.54, 1.807) is 6.92 Å². The van der Waals surface area contributed by atoms with E-state index in [9.17, 15) is 4.79 Å². The smallest absolute Gasteiger partial charge is 0.337 e. The molecule has 0 unspecified atom stereocenters. The monoisotopic (exact) mass is 442 g/mol. The average Bonchev–Trinajstić information content (AvgIpc) is 2.60. The van der Waals surface area contributed by atoms with Crippen LogP contribution in [-0.2, 0) is 9.53 Å². The molecule has 8 heteroatoms. The van der Waals surface area contributed by atoms with Crippen LogP contribution in [-0.4, -0.2) is 31.4 Å². The summed E-state index contributed by atoms with van der Waals surface area (Å²) in [5.74, 6) is 0.836. The minimum atomic E-state index is -0.452. The number of benzene rings is 1. The van der Waals surface area contributed by atoms with Crippen LogP contribution in [0.15, 0.2) is 27.9 Å². The number of ether oxygens (including phenoxy) is 3. The first kappa shape index (κ1) is 20.5. The molecule has 2 N–H and O–H groups in total. The number of halogens is 1. The first-order valence-electron chi connectivity index (χ1n) is 8.38. The summed E-state index contributed by atoms with van der Waals surface area (Å²) in [5.41, 5.74) is 1.94. The predicted molar refractivity (Wildman–Crippen MR) is 107 cm³/mol. The lowest BCUT2D eigenvalue weighted by Crippen LogP contribution is -2.45. The Hall–Kier alpha value is -1.80. The predicted octanol–water partition coefficient (Wildman–Crippen LogP) is 3.60. The van der Waals surface area contributed by atoms with Gasteiger partial charge < -0.3 is 24.8 Å². The molecule has 1 aromatic carbocycles. The van der Waals surface area contributed by atoms with Gasteiger partial charge in [-0.25, -0.2) is 4.79 Å². The van der Waals surface area contributed by atoms with E-state index in [0.717, 1.165) is 16.5 Å². The van der Waals surface area contributed by atoms with E-state index in [0.29, 0.717) is 41.1 Å². The van der Waals surface area contributed by atoms with Crippen molar-refractivity contribution in [2.45, 2.75) is 33.2 Å². The Kier molecular flexibility index (Phi) is 7.28. The van der Waals surface area contributed by atoms with E-state index in [-0.39, 0.29) is 0 Å². The highest BCUT2D eigenvalue weighted by Gasteiger charge is 2.31. The van der Waals surface area contributed by atoms with Gasteiger partial charge in [0.2, 0.25) is 0 Å². The van der Waals surface area contributed by atoms with Gasteiger partial charge in [-0.3, -0.25) is 0 Å². The Morgan fingerprint density at radius 1 is 1.31 bits per heavy atom. The molecule has 1 heterocycles. The van der Waals surface area contributed by atoms with Crippen LogP contribution >= 0.6 is 28.1 Å².